The third-order valence-electron chi connectivity index (χ3n) is 3.32. The third kappa shape index (κ3) is 4.43. The molecule has 0 fully saturated rings. The number of hydrogen-bond donors (Lipinski definition) is 1. The minimum atomic E-state index is -0.523. The van der Waals surface area contributed by atoms with E-state index in [0.29, 0.717) is 13.2 Å². The van der Waals surface area contributed by atoms with Gasteiger partial charge >= 0.3 is 0 Å². The first-order valence-corrected chi connectivity index (χ1v) is 6.58. The number of nitro groups is 1. The van der Waals surface area contributed by atoms with Gasteiger partial charge < -0.3 is 9.72 Å². The van der Waals surface area contributed by atoms with E-state index in [0.717, 1.165) is 6.42 Å². The minimum Gasteiger partial charge on any atom is -0.383 e. The van der Waals surface area contributed by atoms with Crippen molar-refractivity contribution in [3.8, 4) is 0 Å². The normalized spacial score (nSPS) is 12.6. The summed E-state index contributed by atoms with van der Waals surface area (Å²) in [4.78, 5) is 26.9. The summed E-state index contributed by atoms with van der Waals surface area (Å²) < 4.78 is 5.04. The Bertz CT molecular complexity index is 458. The Morgan fingerprint density at radius 3 is 2.80 bits per heavy atom. The van der Waals surface area contributed by atoms with Crippen molar-refractivity contribution in [1.29, 1.82) is 0 Å². The predicted octanol–water partition coefficient (Wildman–Crippen LogP) is 1.85. The molecule has 1 heterocycles. The maximum absolute atomic E-state index is 12.1. The summed E-state index contributed by atoms with van der Waals surface area (Å²) in [5.41, 5.74) is 0.169. The molecular formula is C13H21N3O4. The summed E-state index contributed by atoms with van der Waals surface area (Å²) in [6.07, 6.45) is 2.15. The molecule has 0 aliphatic heterocycles. The van der Waals surface area contributed by atoms with Crippen LogP contribution in [0.5, 0.6) is 0 Å². The van der Waals surface area contributed by atoms with E-state index in [1.807, 2.05) is 11.8 Å². The number of ether oxygens (including phenoxy) is 1. The van der Waals surface area contributed by atoms with E-state index in [-0.39, 0.29) is 29.8 Å². The van der Waals surface area contributed by atoms with Crippen molar-refractivity contribution in [3.05, 3.63) is 28.1 Å². The molecule has 1 rings (SSSR count). The standard InChI is InChI=1S/C13H21N3O4/c1-4-10(2)15(5-6-20-3)9-13(17)12-7-11(8-14-12)16(18)19/h7-8,10,14H,4-6,9H2,1-3H3. The molecule has 1 N–H and O–H groups in total. The number of methoxy groups -OCH3 is 1. The number of carbonyl (C=O) groups is 1. The molecule has 1 aromatic rings. The van der Waals surface area contributed by atoms with Crippen molar-refractivity contribution in [2.75, 3.05) is 26.8 Å². The summed E-state index contributed by atoms with van der Waals surface area (Å²) >= 11 is 0. The Hall–Kier alpha value is -1.73. The van der Waals surface area contributed by atoms with Crippen LogP contribution >= 0.6 is 0 Å². The Labute approximate surface area is 118 Å². The van der Waals surface area contributed by atoms with Gasteiger partial charge in [-0.05, 0) is 13.3 Å². The van der Waals surface area contributed by atoms with Crippen molar-refractivity contribution < 1.29 is 14.5 Å². The fraction of sp³-hybridized carbons (Fsp3) is 0.615. The van der Waals surface area contributed by atoms with Crippen LogP contribution in [0.2, 0.25) is 0 Å². The summed E-state index contributed by atoms with van der Waals surface area (Å²) in [7, 11) is 1.62. The van der Waals surface area contributed by atoms with Crippen LogP contribution in [0.25, 0.3) is 0 Å². The van der Waals surface area contributed by atoms with Gasteiger partial charge in [0, 0.05) is 25.8 Å². The lowest BCUT2D eigenvalue weighted by Crippen LogP contribution is -2.39. The highest BCUT2D eigenvalue weighted by molar-refractivity contribution is 5.96. The topological polar surface area (TPSA) is 88.5 Å². The quantitative estimate of drug-likeness (QED) is 0.424. The summed E-state index contributed by atoms with van der Waals surface area (Å²) in [6, 6.07) is 1.52. The Morgan fingerprint density at radius 2 is 2.30 bits per heavy atom. The number of Topliss-reactive ketones (excluding diaryl/α,β-unsaturated/α-hetero) is 1. The zero-order valence-electron chi connectivity index (χ0n) is 12.1. The van der Waals surface area contributed by atoms with Gasteiger partial charge in [0.15, 0.2) is 5.78 Å². The Morgan fingerprint density at radius 1 is 1.60 bits per heavy atom. The molecule has 0 saturated heterocycles. The van der Waals surface area contributed by atoms with Crippen molar-refractivity contribution in [2.45, 2.75) is 26.3 Å². The molecule has 1 aromatic heterocycles. The molecule has 0 bridgehead atoms. The highest BCUT2D eigenvalue weighted by Crippen LogP contribution is 2.13. The van der Waals surface area contributed by atoms with Gasteiger partial charge in [-0.3, -0.25) is 19.8 Å². The van der Waals surface area contributed by atoms with Crippen LogP contribution in [0, 0.1) is 10.1 Å². The summed E-state index contributed by atoms with van der Waals surface area (Å²) in [6.45, 7) is 5.51. The smallest absolute Gasteiger partial charge is 0.287 e. The van der Waals surface area contributed by atoms with E-state index in [9.17, 15) is 14.9 Å². The lowest BCUT2D eigenvalue weighted by Gasteiger charge is -2.27. The molecule has 0 saturated carbocycles. The Kier molecular flexibility index (Phi) is 6.33. The van der Waals surface area contributed by atoms with E-state index >= 15 is 0 Å². The first-order chi connectivity index (χ1) is 9.49. The van der Waals surface area contributed by atoms with E-state index in [1.54, 1.807) is 7.11 Å². The summed E-state index contributed by atoms with van der Waals surface area (Å²) in [5.74, 6) is -0.158. The molecule has 0 spiro atoms. The van der Waals surface area contributed by atoms with Crippen molar-refractivity contribution in [2.24, 2.45) is 0 Å². The number of carbonyl (C=O) groups excluding carboxylic acids is 1. The van der Waals surface area contributed by atoms with Gasteiger partial charge in [0.2, 0.25) is 0 Å². The predicted molar refractivity (Wildman–Crippen MR) is 75.0 cm³/mol. The van der Waals surface area contributed by atoms with Crippen molar-refractivity contribution in [1.82, 2.24) is 9.88 Å². The molecule has 0 aliphatic rings. The van der Waals surface area contributed by atoms with E-state index < -0.39 is 4.92 Å². The largest absolute Gasteiger partial charge is 0.383 e. The molecule has 112 valence electrons. The maximum atomic E-state index is 12.1. The van der Waals surface area contributed by atoms with Gasteiger partial charge in [0.25, 0.3) is 5.69 Å². The van der Waals surface area contributed by atoms with Gasteiger partial charge in [-0.1, -0.05) is 6.92 Å². The second-order valence-corrected chi connectivity index (χ2v) is 4.67. The molecule has 0 aromatic carbocycles. The monoisotopic (exact) mass is 283 g/mol. The highest BCUT2D eigenvalue weighted by atomic mass is 16.6. The van der Waals surface area contributed by atoms with E-state index in [4.69, 9.17) is 4.74 Å². The van der Waals surface area contributed by atoms with Crippen molar-refractivity contribution >= 4 is 11.5 Å². The second-order valence-electron chi connectivity index (χ2n) is 4.67. The van der Waals surface area contributed by atoms with Gasteiger partial charge in [-0.25, -0.2) is 0 Å². The van der Waals surface area contributed by atoms with Crippen LogP contribution in [-0.2, 0) is 4.74 Å². The molecule has 1 atom stereocenters. The van der Waals surface area contributed by atoms with Gasteiger partial charge in [0.05, 0.1) is 30.0 Å². The third-order valence-corrected chi connectivity index (χ3v) is 3.32. The zero-order chi connectivity index (χ0) is 15.1. The second kappa shape index (κ2) is 7.76. The molecule has 7 nitrogen and oxygen atoms in total. The number of rotatable bonds is 9. The number of aromatic nitrogens is 1. The van der Waals surface area contributed by atoms with Crippen molar-refractivity contribution in [3.63, 3.8) is 0 Å². The van der Waals surface area contributed by atoms with Gasteiger partial charge in [-0.15, -0.1) is 0 Å². The molecule has 1 unspecified atom stereocenters. The van der Waals surface area contributed by atoms with E-state index in [2.05, 4.69) is 11.9 Å². The number of nitrogens with zero attached hydrogens (tertiary/aromatic N) is 2. The van der Waals surface area contributed by atoms with Gasteiger partial charge in [0.1, 0.15) is 0 Å². The molecule has 7 heteroatoms. The average molecular weight is 283 g/mol. The number of H-pyrrole nitrogens is 1. The fourth-order valence-corrected chi connectivity index (χ4v) is 1.84. The molecule has 0 aliphatic carbocycles. The number of aromatic amines is 1. The highest BCUT2D eigenvalue weighted by Gasteiger charge is 2.19. The Balaban J connectivity index is 2.70. The summed E-state index contributed by atoms with van der Waals surface area (Å²) in [5, 5.41) is 10.6. The van der Waals surface area contributed by atoms with E-state index in [1.165, 1.54) is 12.3 Å². The maximum Gasteiger partial charge on any atom is 0.287 e. The first-order valence-electron chi connectivity index (χ1n) is 6.58. The van der Waals surface area contributed by atoms with Crippen LogP contribution in [-0.4, -0.2) is 53.4 Å². The van der Waals surface area contributed by atoms with Crippen LogP contribution < -0.4 is 0 Å². The minimum absolute atomic E-state index is 0.0969. The average Bonchev–Trinajstić information content (AvgIpc) is 2.92. The van der Waals surface area contributed by atoms with Crippen LogP contribution in [0.1, 0.15) is 30.8 Å². The zero-order valence-corrected chi connectivity index (χ0v) is 12.1. The molecule has 0 amide bonds. The molecule has 0 radical (unpaired) electrons. The van der Waals surface area contributed by atoms with Crippen LogP contribution in [0.3, 0.4) is 0 Å². The molecule has 20 heavy (non-hydrogen) atoms. The fourth-order valence-electron chi connectivity index (χ4n) is 1.84. The number of hydrogen-bond acceptors (Lipinski definition) is 5. The van der Waals surface area contributed by atoms with Gasteiger partial charge in [-0.2, -0.15) is 0 Å². The lowest BCUT2D eigenvalue weighted by atomic mass is 10.2. The number of ketones is 1. The number of nitrogens with one attached hydrogen (secondary N) is 1. The lowest BCUT2D eigenvalue weighted by molar-refractivity contribution is -0.384. The van der Waals surface area contributed by atoms with Crippen LogP contribution in [0.15, 0.2) is 12.3 Å². The molecular weight excluding hydrogens is 262 g/mol. The first kappa shape index (κ1) is 16.3. The van der Waals surface area contributed by atoms with Crippen LogP contribution in [0.4, 0.5) is 5.69 Å². The SMILES string of the molecule is CCC(C)N(CCOC)CC(=O)c1cc([N+](=O)[O-])c[nH]1.